The van der Waals surface area contributed by atoms with Crippen LogP contribution in [-0.4, -0.2) is 11.4 Å². The van der Waals surface area contributed by atoms with Crippen molar-refractivity contribution in [1.82, 2.24) is 4.57 Å². The Kier molecular flexibility index (Phi) is 7.61. The standard InChI is InChI=1S/C61H59BN2S/c1-57(2,3)34-21-24-36(25-22-34)64-49-32-39-37-17-13-15-19-42(37)61(11,12)43(39)30-41(49)53-54-55-51(52-38-18-14-16-20-50(38)65-56(52)53)40-31-44-45(60(9,10)28-27-59(44,7)8)33-48(40)63(55)47-26-23-35(58(4,5)6)29-46(47)62(54)64/h13-26,29-33H,27-28H2,1-12H3. The van der Waals surface area contributed by atoms with Crippen LogP contribution in [0.1, 0.15) is 129 Å². The van der Waals surface area contributed by atoms with Crippen LogP contribution in [0.15, 0.2) is 115 Å². The molecule has 322 valence electrons. The van der Waals surface area contributed by atoms with Crippen molar-refractivity contribution in [3.63, 3.8) is 0 Å². The lowest BCUT2D eigenvalue weighted by Gasteiger charge is -2.43. The van der Waals surface area contributed by atoms with Crippen molar-refractivity contribution < 1.29 is 0 Å². The van der Waals surface area contributed by atoms with Gasteiger partial charge in [-0.2, -0.15) is 0 Å². The van der Waals surface area contributed by atoms with E-state index in [4.69, 9.17) is 0 Å². The van der Waals surface area contributed by atoms with Crippen LogP contribution in [0.25, 0.3) is 69.9 Å². The third kappa shape index (κ3) is 5.13. The molecule has 2 aromatic heterocycles. The number of nitrogens with zero attached hydrogens (tertiary/aromatic N) is 2. The van der Waals surface area contributed by atoms with Crippen molar-refractivity contribution in [2.24, 2.45) is 0 Å². The summed E-state index contributed by atoms with van der Waals surface area (Å²) < 4.78 is 5.52. The summed E-state index contributed by atoms with van der Waals surface area (Å²) in [7, 11) is 0. The predicted molar refractivity (Wildman–Crippen MR) is 283 cm³/mol. The lowest BCUT2D eigenvalue weighted by molar-refractivity contribution is 0.332. The Morgan fingerprint density at radius 1 is 0.554 bits per heavy atom. The van der Waals surface area contributed by atoms with E-state index in [0.29, 0.717) is 0 Å². The number of fused-ring (bicyclic) bond motifs is 17. The quantitative estimate of drug-likeness (QED) is 0.149. The Morgan fingerprint density at radius 3 is 1.94 bits per heavy atom. The molecule has 0 radical (unpaired) electrons. The Morgan fingerprint density at radius 2 is 1.22 bits per heavy atom. The van der Waals surface area contributed by atoms with E-state index in [1.807, 2.05) is 11.3 Å². The second-order valence-electron chi connectivity index (χ2n) is 24.0. The molecule has 7 aromatic carbocycles. The normalized spacial score (nSPS) is 17.4. The van der Waals surface area contributed by atoms with Crippen LogP contribution in [0.2, 0.25) is 0 Å². The highest BCUT2D eigenvalue weighted by atomic mass is 32.1. The van der Waals surface area contributed by atoms with Crippen molar-refractivity contribution in [2.45, 2.75) is 123 Å². The Bertz CT molecular complexity index is 3600. The lowest BCUT2D eigenvalue weighted by atomic mass is 9.43. The first-order valence-electron chi connectivity index (χ1n) is 24.1. The molecular formula is C61H59BN2S. The second-order valence-corrected chi connectivity index (χ2v) is 25.1. The molecule has 13 rings (SSSR count). The van der Waals surface area contributed by atoms with Gasteiger partial charge in [0, 0.05) is 64.5 Å². The van der Waals surface area contributed by atoms with Gasteiger partial charge in [0.15, 0.2) is 0 Å². The van der Waals surface area contributed by atoms with Crippen molar-refractivity contribution in [2.75, 3.05) is 4.81 Å². The van der Waals surface area contributed by atoms with Gasteiger partial charge in [0.05, 0.1) is 11.0 Å². The maximum absolute atomic E-state index is 2.76. The summed E-state index contributed by atoms with van der Waals surface area (Å²) in [5.41, 5.74) is 23.5. The molecule has 2 aliphatic carbocycles. The number of rotatable bonds is 1. The fourth-order valence-corrected chi connectivity index (χ4v) is 14.2. The average molecular weight is 863 g/mol. The number of hydrogen-bond donors (Lipinski definition) is 0. The molecule has 0 N–H and O–H groups in total. The maximum atomic E-state index is 2.76. The molecule has 2 nitrogen and oxygen atoms in total. The predicted octanol–water partition coefficient (Wildman–Crippen LogP) is 15.6. The summed E-state index contributed by atoms with van der Waals surface area (Å²) in [5.74, 6) is 0. The molecule has 0 spiro atoms. The number of aromatic nitrogens is 1. The third-order valence-electron chi connectivity index (χ3n) is 16.7. The zero-order valence-electron chi connectivity index (χ0n) is 40.3. The number of benzene rings is 7. The molecule has 65 heavy (non-hydrogen) atoms. The van der Waals surface area contributed by atoms with Gasteiger partial charge in [0.1, 0.15) is 0 Å². The van der Waals surface area contributed by atoms with E-state index in [1.54, 1.807) is 0 Å². The zero-order valence-corrected chi connectivity index (χ0v) is 41.1. The molecule has 0 unspecified atom stereocenters. The maximum Gasteiger partial charge on any atom is 0.333 e. The van der Waals surface area contributed by atoms with E-state index in [2.05, 4.69) is 208 Å². The minimum Gasteiger partial charge on any atom is -0.376 e. The van der Waals surface area contributed by atoms with Crippen LogP contribution in [0.5, 0.6) is 0 Å². The summed E-state index contributed by atoms with van der Waals surface area (Å²) in [6.45, 7) is 28.9. The Balaban J connectivity index is 1.28. The summed E-state index contributed by atoms with van der Waals surface area (Å²) in [6.07, 6.45) is 2.37. The van der Waals surface area contributed by atoms with Crippen LogP contribution >= 0.6 is 11.3 Å². The fraction of sp³-hybridized carbons (Fsp3) is 0.311. The minimum absolute atomic E-state index is 0.0296. The monoisotopic (exact) mass is 862 g/mol. The average Bonchev–Trinajstić information content (AvgIpc) is 3.88. The van der Waals surface area contributed by atoms with Gasteiger partial charge >= 0.3 is 6.85 Å². The van der Waals surface area contributed by atoms with Gasteiger partial charge in [-0.25, -0.2) is 0 Å². The Hall–Kier alpha value is -5.58. The molecule has 0 bridgehead atoms. The van der Waals surface area contributed by atoms with Gasteiger partial charge in [-0.3, -0.25) is 0 Å². The highest BCUT2D eigenvalue weighted by Crippen LogP contribution is 2.58. The summed E-state index contributed by atoms with van der Waals surface area (Å²) in [4.78, 5) is 2.76. The van der Waals surface area contributed by atoms with Crippen molar-refractivity contribution >= 4 is 82.5 Å². The molecule has 2 aliphatic heterocycles. The van der Waals surface area contributed by atoms with Crippen LogP contribution in [-0.2, 0) is 27.1 Å². The van der Waals surface area contributed by atoms with Crippen LogP contribution in [0.4, 0.5) is 11.4 Å². The van der Waals surface area contributed by atoms with E-state index < -0.39 is 0 Å². The highest BCUT2D eigenvalue weighted by molar-refractivity contribution is 7.27. The van der Waals surface area contributed by atoms with E-state index in [-0.39, 0.29) is 33.9 Å². The fourth-order valence-electron chi connectivity index (χ4n) is 12.9. The molecule has 0 fully saturated rings. The van der Waals surface area contributed by atoms with E-state index in [9.17, 15) is 0 Å². The van der Waals surface area contributed by atoms with Gasteiger partial charge in [0.25, 0.3) is 0 Å². The molecule has 4 heteroatoms. The van der Waals surface area contributed by atoms with Gasteiger partial charge < -0.3 is 9.38 Å². The molecule has 0 amide bonds. The summed E-state index contributed by atoms with van der Waals surface area (Å²) >= 11 is 2.01. The first-order valence-corrected chi connectivity index (χ1v) is 24.9. The van der Waals surface area contributed by atoms with Crippen LogP contribution in [0.3, 0.4) is 0 Å². The molecule has 0 saturated heterocycles. The molecule has 4 heterocycles. The Labute approximate surface area is 389 Å². The smallest absolute Gasteiger partial charge is 0.333 e. The van der Waals surface area contributed by atoms with E-state index in [1.165, 1.54) is 138 Å². The van der Waals surface area contributed by atoms with Gasteiger partial charge in [-0.1, -0.05) is 150 Å². The van der Waals surface area contributed by atoms with Crippen molar-refractivity contribution in [1.29, 1.82) is 0 Å². The second kappa shape index (κ2) is 12.4. The minimum atomic E-state index is -0.139. The van der Waals surface area contributed by atoms with E-state index in [0.717, 1.165) is 0 Å². The van der Waals surface area contributed by atoms with Crippen molar-refractivity contribution in [3.8, 4) is 27.9 Å². The third-order valence-corrected chi connectivity index (χ3v) is 17.9. The van der Waals surface area contributed by atoms with Gasteiger partial charge in [-0.05, 0) is 138 Å². The first-order chi connectivity index (χ1) is 30.8. The lowest BCUT2D eigenvalue weighted by Crippen LogP contribution is -2.60. The number of hydrogen-bond acceptors (Lipinski definition) is 2. The van der Waals surface area contributed by atoms with Gasteiger partial charge in [-0.15, -0.1) is 11.3 Å². The van der Waals surface area contributed by atoms with Crippen molar-refractivity contribution in [3.05, 3.63) is 149 Å². The molecular weight excluding hydrogens is 804 g/mol. The molecule has 4 aliphatic rings. The zero-order chi connectivity index (χ0) is 45.1. The first kappa shape index (κ1) is 39.8. The number of thiophene rings is 1. The SMILES string of the molecule is CC(C)(C)c1ccc(N2B3c4cc(C(C)(C)C)ccc4-n4c5cc6c(cc5c5c7c(sc8ccccc87)c(c3c54)-c3cc4c(cc32)-c2ccccc2C4(C)C)C(C)(C)CCC6(C)C)cc1. The summed E-state index contributed by atoms with van der Waals surface area (Å²) in [5, 5.41) is 5.60. The van der Waals surface area contributed by atoms with E-state index >= 15 is 0 Å². The van der Waals surface area contributed by atoms with Crippen LogP contribution < -0.4 is 15.7 Å². The van der Waals surface area contributed by atoms with Gasteiger partial charge in [0.2, 0.25) is 0 Å². The topological polar surface area (TPSA) is 8.17 Å². The van der Waals surface area contributed by atoms with Crippen LogP contribution in [0, 0.1) is 0 Å². The highest BCUT2D eigenvalue weighted by Gasteiger charge is 2.48. The number of anilines is 2. The summed E-state index contributed by atoms with van der Waals surface area (Å²) in [6, 6.07) is 46.1. The molecule has 9 aromatic rings. The molecule has 0 saturated carbocycles. The molecule has 0 atom stereocenters. The largest absolute Gasteiger partial charge is 0.376 e.